The molecule has 2 unspecified atom stereocenters. The van der Waals surface area contributed by atoms with Crippen molar-refractivity contribution in [2.45, 2.75) is 13.0 Å². The van der Waals surface area contributed by atoms with Crippen molar-refractivity contribution in [2.24, 2.45) is 0 Å². The van der Waals surface area contributed by atoms with E-state index in [-0.39, 0.29) is 23.7 Å². The molecule has 2 aromatic carbocycles. The van der Waals surface area contributed by atoms with E-state index < -0.39 is 47.0 Å². The van der Waals surface area contributed by atoms with Crippen molar-refractivity contribution < 1.29 is 32.3 Å². The highest BCUT2D eigenvalue weighted by Gasteiger charge is 2.22. The summed E-state index contributed by atoms with van der Waals surface area (Å²) in [6, 6.07) is 4.87. The minimum absolute atomic E-state index is 0.130. The van der Waals surface area contributed by atoms with Crippen LogP contribution in [0.15, 0.2) is 24.3 Å². The Labute approximate surface area is 162 Å². The molecular formula is C17H20F3N3O4S. The number of aliphatic hydroxyl groups excluding tert-OH is 2. The highest BCUT2D eigenvalue weighted by Crippen LogP contribution is 2.39. The number of methoxy groups -OCH3 is 1. The van der Waals surface area contributed by atoms with Gasteiger partial charge < -0.3 is 20.3 Å². The van der Waals surface area contributed by atoms with Crippen LogP contribution in [0.3, 0.4) is 0 Å². The number of anilines is 3. The van der Waals surface area contributed by atoms with E-state index in [1.807, 2.05) is 0 Å². The number of ether oxygens (including phenoxy) is 1. The fourth-order valence-electron chi connectivity index (χ4n) is 2.20. The first-order chi connectivity index (χ1) is 13.3. The first-order valence-corrected chi connectivity index (χ1v) is 9.21. The van der Waals surface area contributed by atoms with Crippen LogP contribution in [0, 0.1) is 24.4 Å². The molecule has 2 aromatic rings. The molecule has 0 aliphatic rings. The van der Waals surface area contributed by atoms with Gasteiger partial charge in [0.25, 0.3) is 0 Å². The zero-order chi connectivity index (χ0) is 20.8. The molecule has 0 amide bonds. The highest BCUT2D eigenvalue weighted by molar-refractivity contribution is 7.84. The number of nitrogens with one attached hydrogen (secondary N) is 3. The zero-order valence-electron chi connectivity index (χ0n) is 15.1. The van der Waals surface area contributed by atoms with Gasteiger partial charge in [-0.3, -0.25) is 4.72 Å². The second-order valence-electron chi connectivity index (χ2n) is 5.79. The van der Waals surface area contributed by atoms with Gasteiger partial charge in [-0.05, 0) is 24.6 Å². The molecule has 0 heterocycles. The number of aliphatic hydroxyl groups is 2. The molecule has 154 valence electrons. The van der Waals surface area contributed by atoms with Crippen molar-refractivity contribution in [3.63, 3.8) is 0 Å². The summed E-state index contributed by atoms with van der Waals surface area (Å²) in [5.41, 5.74) is -0.246. The van der Waals surface area contributed by atoms with E-state index in [0.29, 0.717) is 5.56 Å². The monoisotopic (exact) mass is 419 g/mol. The largest absolute Gasteiger partial charge is 0.494 e. The average Bonchev–Trinajstić information content (AvgIpc) is 2.66. The molecule has 0 radical (unpaired) electrons. The van der Waals surface area contributed by atoms with Crippen molar-refractivity contribution in [1.82, 2.24) is 4.72 Å². The minimum atomic E-state index is -2.07. The summed E-state index contributed by atoms with van der Waals surface area (Å²) < 4.78 is 64.4. The summed E-state index contributed by atoms with van der Waals surface area (Å²) >= 11 is -2.07. The molecule has 7 nitrogen and oxygen atoms in total. The number of rotatable bonds is 9. The molecule has 0 saturated heterocycles. The van der Waals surface area contributed by atoms with Gasteiger partial charge in [0.15, 0.2) is 22.8 Å². The predicted molar refractivity (Wildman–Crippen MR) is 100 cm³/mol. The van der Waals surface area contributed by atoms with E-state index in [1.54, 1.807) is 13.0 Å². The quantitative estimate of drug-likeness (QED) is 0.428. The summed E-state index contributed by atoms with van der Waals surface area (Å²) in [4.78, 5) is 0. The Bertz CT molecular complexity index is 870. The second-order valence-corrected chi connectivity index (χ2v) is 6.82. The van der Waals surface area contributed by atoms with Gasteiger partial charge in [-0.1, -0.05) is 6.07 Å². The molecule has 5 N–H and O–H groups in total. The Balaban J connectivity index is 2.39. The Kier molecular flexibility index (Phi) is 7.63. The van der Waals surface area contributed by atoms with Gasteiger partial charge in [0.1, 0.15) is 22.9 Å². The number of hydrogen-bond acceptors (Lipinski definition) is 5. The zero-order valence-corrected chi connectivity index (χ0v) is 15.9. The molecule has 0 fully saturated rings. The maximum atomic E-state index is 14.4. The van der Waals surface area contributed by atoms with Crippen LogP contribution >= 0.6 is 0 Å². The lowest BCUT2D eigenvalue weighted by Crippen LogP contribution is -2.33. The molecule has 0 saturated carbocycles. The van der Waals surface area contributed by atoms with Crippen LogP contribution < -0.4 is 19.5 Å². The topological polar surface area (TPSA) is 103 Å². The van der Waals surface area contributed by atoms with E-state index >= 15 is 0 Å². The summed E-state index contributed by atoms with van der Waals surface area (Å²) in [6.07, 6.45) is -1.17. The molecule has 0 aromatic heterocycles. The second kappa shape index (κ2) is 9.73. The Morgan fingerprint density at radius 2 is 1.89 bits per heavy atom. The number of benzene rings is 2. The smallest absolute Gasteiger partial charge is 0.193 e. The van der Waals surface area contributed by atoms with Crippen molar-refractivity contribution in [2.75, 3.05) is 30.3 Å². The molecule has 0 aliphatic heterocycles. The molecule has 2 atom stereocenters. The van der Waals surface area contributed by atoms with E-state index in [9.17, 15) is 22.5 Å². The van der Waals surface area contributed by atoms with Gasteiger partial charge in [-0.25, -0.2) is 22.1 Å². The van der Waals surface area contributed by atoms with E-state index in [0.717, 1.165) is 6.07 Å². The maximum Gasteiger partial charge on any atom is 0.193 e. The van der Waals surface area contributed by atoms with Gasteiger partial charge in [-0.15, -0.1) is 0 Å². The molecule has 0 aliphatic carbocycles. The average molecular weight is 419 g/mol. The van der Waals surface area contributed by atoms with E-state index in [4.69, 9.17) is 9.84 Å². The number of halogens is 3. The molecule has 0 bridgehead atoms. The Hall–Kier alpha value is -2.34. The van der Waals surface area contributed by atoms with Crippen LogP contribution in [0.1, 0.15) is 5.56 Å². The lowest BCUT2D eigenvalue weighted by molar-refractivity contribution is 0.0991. The molecular weight excluding hydrogens is 399 g/mol. The molecule has 28 heavy (non-hydrogen) atoms. The first-order valence-electron chi connectivity index (χ1n) is 8.06. The fourth-order valence-corrected chi connectivity index (χ4v) is 3.01. The third-order valence-electron chi connectivity index (χ3n) is 3.64. The van der Waals surface area contributed by atoms with Gasteiger partial charge in [-0.2, -0.15) is 0 Å². The van der Waals surface area contributed by atoms with Crippen LogP contribution in [0.2, 0.25) is 0 Å². The summed E-state index contributed by atoms with van der Waals surface area (Å²) in [7, 11) is 1.19. The van der Waals surface area contributed by atoms with Gasteiger partial charge in [0, 0.05) is 12.6 Å². The third-order valence-corrected chi connectivity index (χ3v) is 4.46. The lowest BCUT2D eigenvalue weighted by atomic mass is 10.2. The van der Waals surface area contributed by atoms with Crippen LogP contribution in [0.5, 0.6) is 5.75 Å². The third kappa shape index (κ3) is 5.35. The first kappa shape index (κ1) is 22.0. The van der Waals surface area contributed by atoms with Crippen LogP contribution in [0.25, 0.3) is 0 Å². The minimum Gasteiger partial charge on any atom is -0.494 e. The SMILES string of the molecule is COc1cc(F)c(F)c(Nc2ccc(C)cc2F)c1NS(=O)NCC(O)CO. The van der Waals surface area contributed by atoms with E-state index in [1.165, 1.54) is 19.2 Å². The van der Waals surface area contributed by atoms with Crippen molar-refractivity contribution in [3.8, 4) is 5.75 Å². The summed E-state index contributed by atoms with van der Waals surface area (Å²) in [5.74, 6) is -3.48. The highest BCUT2D eigenvalue weighted by atomic mass is 32.2. The van der Waals surface area contributed by atoms with Gasteiger partial charge >= 0.3 is 0 Å². The predicted octanol–water partition coefficient (Wildman–Crippen LogP) is 2.10. The molecule has 2 rings (SSSR count). The van der Waals surface area contributed by atoms with Gasteiger partial charge in [0.05, 0.1) is 25.5 Å². The lowest BCUT2D eigenvalue weighted by Gasteiger charge is -2.19. The van der Waals surface area contributed by atoms with Crippen molar-refractivity contribution in [1.29, 1.82) is 0 Å². The fraction of sp³-hybridized carbons (Fsp3) is 0.294. The van der Waals surface area contributed by atoms with Crippen molar-refractivity contribution in [3.05, 3.63) is 47.3 Å². The van der Waals surface area contributed by atoms with Crippen LogP contribution in [-0.2, 0) is 11.2 Å². The van der Waals surface area contributed by atoms with Crippen LogP contribution in [-0.4, -0.2) is 40.8 Å². The summed E-state index contributed by atoms with van der Waals surface area (Å²) in [6.45, 7) is 0.872. The maximum absolute atomic E-state index is 14.4. The molecule has 0 spiro atoms. The van der Waals surface area contributed by atoms with Gasteiger partial charge in [0.2, 0.25) is 0 Å². The number of hydrogen-bond donors (Lipinski definition) is 5. The summed E-state index contributed by atoms with van der Waals surface area (Å²) in [5, 5.41) is 20.5. The number of aryl methyl sites for hydroxylation is 1. The molecule has 11 heteroatoms. The standard InChI is InChI=1S/C17H20F3N3O4S/c1-9-3-4-13(11(18)5-9)22-17-15(20)12(19)6-14(27-2)16(17)23-28(26)21-7-10(25)8-24/h3-6,10,21-25H,7-8H2,1-2H3. The van der Waals surface area contributed by atoms with Crippen LogP contribution in [0.4, 0.5) is 30.2 Å². The van der Waals surface area contributed by atoms with Crippen molar-refractivity contribution >= 4 is 28.2 Å². The van der Waals surface area contributed by atoms with E-state index in [2.05, 4.69) is 14.8 Å². The Morgan fingerprint density at radius 3 is 2.50 bits per heavy atom. The Morgan fingerprint density at radius 1 is 1.18 bits per heavy atom. The normalized spacial score (nSPS) is 13.1.